The Morgan fingerprint density at radius 1 is 1.24 bits per heavy atom. The van der Waals surface area contributed by atoms with Crippen molar-refractivity contribution in [3.63, 3.8) is 0 Å². The molecule has 21 heavy (non-hydrogen) atoms. The number of anilines is 1. The van der Waals surface area contributed by atoms with Gasteiger partial charge in [0.2, 0.25) is 0 Å². The largest absolute Gasteiger partial charge is 0.370 e. The van der Waals surface area contributed by atoms with Gasteiger partial charge >= 0.3 is 0 Å². The van der Waals surface area contributed by atoms with Crippen LogP contribution in [0.2, 0.25) is 5.02 Å². The standard InChI is InChI=1S/C16H18ClN3O/c1-2-8-18-15-10-13(7-9-19-15)16(21)20-11-12-3-5-14(17)6-4-12/h3-7,9-10H,2,8,11H2,1H3,(H,18,19)(H,20,21). The van der Waals surface area contributed by atoms with Gasteiger partial charge in [-0.05, 0) is 36.2 Å². The fourth-order valence-electron chi connectivity index (χ4n) is 1.81. The maximum absolute atomic E-state index is 12.1. The zero-order chi connectivity index (χ0) is 15.1. The van der Waals surface area contributed by atoms with Crippen molar-refractivity contribution in [1.82, 2.24) is 10.3 Å². The van der Waals surface area contributed by atoms with Crippen LogP contribution in [0.3, 0.4) is 0 Å². The molecule has 0 unspecified atom stereocenters. The van der Waals surface area contributed by atoms with Crippen LogP contribution >= 0.6 is 11.6 Å². The third-order valence-corrected chi connectivity index (χ3v) is 3.20. The number of hydrogen-bond acceptors (Lipinski definition) is 3. The summed E-state index contributed by atoms with van der Waals surface area (Å²) in [5.74, 6) is 0.600. The highest BCUT2D eigenvalue weighted by atomic mass is 35.5. The predicted octanol–water partition coefficient (Wildman–Crippen LogP) is 3.49. The third kappa shape index (κ3) is 4.76. The molecule has 2 N–H and O–H groups in total. The Balaban J connectivity index is 1.95. The van der Waals surface area contributed by atoms with Gasteiger partial charge in [-0.2, -0.15) is 0 Å². The van der Waals surface area contributed by atoms with Crippen LogP contribution in [-0.4, -0.2) is 17.4 Å². The van der Waals surface area contributed by atoms with Gasteiger partial charge in [-0.25, -0.2) is 4.98 Å². The first-order valence-electron chi connectivity index (χ1n) is 6.91. The van der Waals surface area contributed by atoms with E-state index >= 15 is 0 Å². The minimum Gasteiger partial charge on any atom is -0.370 e. The smallest absolute Gasteiger partial charge is 0.251 e. The SMILES string of the molecule is CCCNc1cc(C(=O)NCc2ccc(Cl)cc2)ccn1. The Morgan fingerprint density at radius 2 is 2.00 bits per heavy atom. The van der Waals surface area contributed by atoms with Crippen molar-refractivity contribution in [1.29, 1.82) is 0 Å². The summed E-state index contributed by atoms with van der Waals surface area (Å²) >= 11 is 5.83. The van der Waals surface area contributed by atoms with Crippen LogP contribution in [0.25, 0.3) is 0 Å². The lowest BCUT2D eigenvalue weighted by Gasteiger charge is -2.08. The van der Waals surface area contributed by atoms with Crippen molar-refractivity contribution < 1.29 is 4.79 Å². The number of nitrogens with zero attached hydrogens (tertiary/aromatic N) is 1. The van der Waals surface area contributed by atoms with E-state index in [1.165, 1.54) is 0 Å². The number of nitrogens with one attached hydrogen (secondary N) is 2. The normalized spacial score (nSPS) is 10.2. The molecule has 2 rings (SSSR count). The fourth-order valence-corrected chi connectivity index (χ4v) is 1.93. The molecule has 1 heterocycles. The summed E-state index contributed by atoms with van der Waals surface area (Å²) in [6, 6.07) is 10.9. The van der Waals surface area contributed by atoms with Crippen LogP contribution in [0.5, 0.6) is 0 Å². The number of benzene rings is 1. The number of carbonyl (C=O) groups is 1. The molecule has 0 bridgehead atoms. The summed E-state index contributed by atoms with van der Waals surface area (Å²) in [6.45, 7) is 3.38. The fraction of sp³-hybridized carbons (Fsp3) is 0.250. The first-order valence-corrected chi connectivity index (χ1v) is 7.29. The second-order valence-corrected chi connectivity index (χ2v) is 5.10. The van der Waals surface area contributed by atoms with E-state index in [1.54, 1.807) is 18.3 Å². The van der Waals surface area contributed by atoms with Crippen molar-refractivity contribution in [2.24, 2.45) is 0 Å². The highest BCUT2D eigenvalue weighted by Gasteiger charge is 2.06. The molecule has 1 amide bonds. The van der Waals surface area contributed by atoms with Crippen LogP contribution in [0, 0.1) is 0 Å². The average molecular weight is 304 g/mol. The summed E-state index contributed by atoms with van der Waals surface area (Å²) in [6.07, 6.45) is 2.64. The molecule has 1 aromatic heterocycles. The molecule has 0 aliphatic rings. The first kappa shape index (κ1) is 15.3. The summed E-state index contributed by atoms with van der Waals surface area (Å²) < 4.78 is 0. The number of halogens is 1. The predicted molar refractivity (Wildman–Crippen MR) is 85.6 cm³/mol. The quantitative estimate of drug-likeness (QED) is 0.859. The summed E-state index contributed by atoms with van der Waals surface area (Å²) in [5.41, 5.74) is 1.60. The molecule has 4 nitrogen and oxygen atoms in total. The number of aromatic nitrogens is 1. The molecule has 0 fully saturated rings. The van der Waals surface area contributed by atoms with Crippen molar-refractivity contribution in [2.45, 2.75) is 19.9 Å². The molecule has 1 aromatic carbocycles. The molecular formula is C16H18ClN3O. The van der Waals surface area contributed by atoms with E-state index < -0.39 is 0 Å². The van der Waals surface area contributed by atoms with E-state index in [0.717, 1.165) is 24.3 Å². The van der Waals surface area contributed by atoms with Gasteiger partial charge in [0.05, 0.1) is 0 Å². The van der Waals surface area contributed by atoms with Crippen LogP contribution in [0.4, 0.5) is 5.82 Å². The van der Waals surface area contributed by atoms with Crippen LogP contribution in [0.15, 0.2) is 42.6 Å². The Labute approximate surface area is 129 Å². The van der Waals surface area contributed by atoms with Crippen LogP contribution in [-0.2, 0) is 6.54 Å². The highest BCUT2D eigenvalue weighted by molar-refractivity contribution is 6.30. The molecule has 0 atom stereocenters. The summed E-state index contributed by atoms with van der Waals surface area (Å²) in [4.78, 5) is 16.3. The van der Waals surface area contributed by atoms with Crippen LogP contribution < -0.4 is 10.6 Å². The molecule has 110 valence electrons. The number of amides is 1. The Hall–Kier alpha value is -2.07. The molecule has 2 aromatic rings. The van der Waals surface area contributed by atoms with Gasteiger partial charge in [0, 0.05) is 29.9 Å². The van der Waals surface area contributed by atoms with E-state index in [-0.39, 0.29) is 5.91 Å². The maximum atomic E-state index is 12.1. The van der Waals surface area contributed by atoms with Gasteiger partial charge < -0.3 is 10.6 Å². The lowest BCUT2D eigenvalue weighted by atomic mass is 10.2. The number of rotatable bonds is 6. The summed E-state index contributed by atoms with van der Waals surface area (Å²) in [5, 5.41) is 6.73. The zero-order valence-electron chi connectivity index (χ0n) is 11.9. The molecule has 0 aliphatic carbocycles. The molecule has 0 aliphatic heterocycles. The Bertz CT molecular complexity index is 599. The number of pyridine rings is 1. The Kier molecular flexibility index (Phi) is 5.58. The van der Waals surface area contributed by atoms with E-state index in [4.69, 9.17) is 11.6 Å². The highest BCUT2D eigenvalue weighted by Crippen LogP contribution is 2.10. The molecule has 0 spiro atoms. The van der Waals surface area contributed by atoms with Crippen molar-refractivity contribution in [3.05, 3.63) is 58.7 Å². The lowest BCUT2D eigenvalue weighted by Crippen LogP contribution is -2.23. The van der Waals surface area contributed by atoms with Gasteiger partial charge in [0.15, 0.2) is 0 Å². The maximum Gasteiger partial charge on any atom is 0.251 e. The lowest BCUT2D eigenvalue weighted by molar-refractivity contribution is 0.0951. The topological polar surface area (TPSA) is 54.0 Å². The number of carbonyl (C=O) groups excluding carboxylic acids is 1. The van der Waals surface area contributed by atoms with Crippen LogP contribution in [0.1, 0.15) is 29.3 Å². The van der Waals surface area contributed by atoms with E-state index in [0.29, 0.717) is 17.1 Å². The van der Waals surface area contributed by atoms with Crippen molar-refractivity contribution in [3.8, 4) is 0 Å². The number of hydrogen-bond donors (Lipinski definition) is 2. The van der Waals surface area contributed by atoms with Gasteiger partial charge in [0.25, 0.3) is 5.91 Å². The molecular weight excluding hydrogens is 286 g/mol. The first-order chi connectivity index (χ1) is 10.2. The zero-order valence-corrected chi connectivity index (χ0v) is 12.7. The minimum absolute atomic E-state index is 0.119. The van der Waals surface area contributed by atoms with E-state index in [1.807, 2.05) is 24.3 Å². The molecule has 0 radical (unpaired) electrons. The molecule has 0 saturated heterocycles. The van der Waals surface area contributed by atoms with Crippen molar-refractivity contribution >= 4 is 23.3 Å². The van der Waals surface area contributed by atoms with Gasteiger partial charge in [-0.3, -0.25) is 4.79 Å². The van der Waals surface area contributed by atoms with Gasteiger partial charge in [-0.1, -0.05) is 30.7 Å². The minimum atomic E-state index is -0.119. The molecule has 5 heteroatoms. The third-order valence-electron chi connectivity index (χ3n) is 2.94. The van der Waals surface area contributed by atoms with Gasteiger partial charge in [-0.15, -0.1) is 0 Å². The van der Waals surface area contributed by atoms with E-state index in [9.17, 15) is 4.79 Å². The molecule has 0 saturated carbocycles. The monoisotopic (exact) mass is 303 g/mol. The Morgan fingerprint density at radius 3 is 2.71 bits per heavy atom. The van der Waals surface area contributed by atoms with Crippen molar-refractivity contribution in [2.75, 3.05) is 11.9 Å². The average Bonchev–Trinajstić information content (AvgIpc) is 2.52. The summed E-state index contributed by atoms with van der Waals surface area (Å²) in [7, 11) is 0. The van der Waals surface area contributed by atoms with Gasteiger partial charge in [0.1, 0.15) is 5.82 Å². The van der Waals surface area contributed by atoms with E-state index in [2.05, 4.69) is 22.5 Å². The second kappa shape index (κ2) is 7.64. The second-order valence-electron chi connectivity index (χ2n) is 4.67.